The fourth-order valence-electron chi connectivity index (χ4n) is 9.58. The van der Waals surface area contributed by atoms with Crippen molar-refractivity contribution in [3.8, 4) is 17.0 Å². The van der Waals surface area contributed by atoms with E-state index in [0.29, 0.717) is 45.1 Å². The van der Waals surface area contributed by atoms with E-state index in [2.05, 4.69) is 21.4 Å². The molecule has 5 aliphatic rings. The molecule has 2 saturated carbocycles. The van der Waals surface area contributed by atoms with Gasteiger partial charge in [-0.3, -0.25) is 9.59 Å². The van der Waals surface area contributed by atoms with Crippen molar-refractivity contribution in [3.05, 3.63) is 53.1 Å². The quantitative estimate of drug-likeness (QED) is 0.325. The molecule has 3 aromatic rings. The van der Waals surface area contributed by atoms with Crippen LogP contribution in [0.1, 0.15) is 98.5 Å². The van der Waals surface area contributed by atoms with E-state index in [4.69, 9.17) is 4.74 Å². The molecule has 3 unspecified atom stereocenters. The number of likely N-dealkylation sites (tertiary alicyclic amines) is 2. The minimum absolute atomic E-state index is 0.0208. The molecule has 11 nitrogen and oxygen atoms in total. The second-order valence-corrected chi connectivity index (χ2v) is 18.0. The molecule has 3 aliphatic heterocycles. The highest BCUT2D eigenvalue weighted by atomic mass is 32.2. The lowest BCUT2D eigenvalue weighted by molar-refractivity contribution is -0.137. The highest BCUT2D eigenvalue weighted by Crippen LogP contribution is 2.66. The minimum Gasteiger partial charge on any atom is -0.497 e. The molecule has 8 rings (SSSR count). The normalized spacial score (nSPS) is 26.1. The Labute approximate surface area is 293 Å². The Balaban J connectivity index is 1.26. The zero-order valence-electron chi connectivity index (χ0n) is 29.0. The largest absolute Gasteiger partial charge is 0.497 e. The van der Waals surface area contributed by atoms with E-state index in [1.54, 1.807) is 13.2 Å². The van der Waals surface area contributed by atoms with Crippen LogP contribution in [-0.2, 0) is 21.4 Å². The molecular weight excluding hydrogens is 657 g/mol. The van der Waals surface area contributed by atoms with Crippen LogP contribution in [0.2, 0.25) is 0 Å². The van der Waals surface area contributed by atoms with Crippen molar-refractivity contribution >= 4 is 38.8 Å². The monoisotopic (exact) mass is 702 g/mol. The number of carbonyl (C=O) groups is 3. The third kappa shape index (κ3) is 5.19. The predicted molar refractivity (Wildman–Crippen MR) is 189 cm³/mol. The van der Waals surface area contributed by atoms with Crippen LogP contribution in [0.15, 0.2) is 36.4 Å². The van der Waals surface area contributed by atoms with Gasteiger partial charge in [-0.1, -0.05) is 25.3 Å². The number of nitrogens with zero attached hydrogens (tertiary/aromatic N) is 3. The van der Waals surface area contributed by atoms with Crippen LogP contribution in [-0.4, -0.2) is 84.3 Å². The summed E-state index contributed by atoms with van der Waals surface area (Å²) in [6.45, 7) is 5.62. The standard InChI is InChI=1S/C38H46N4O7S/c1-23(2)50(47,48)39-34(43)25-9-11-28-31(17-25)42-22-38(35(44)40-15-13-37(20-40)14-16-41(21-37)36(45)46)19-30(38)29-18-26(49-3)10-12-27(29)33(42)32(28)24-7-5-4-6-8-24/h9-12,17-18,23-24,30H,4-8,13-16,19-22H2,1-3H3,(H,39,43)(H,45,46). The number of nitrogens with one attached hydrogen (secondary N) is 1. The van der Waals surface area contributed by atoms with Gasteiger partial charge in [0, 0.05) is 66.1 Å². The van der Waals surface area contributed by atoms with Crippen molar-refractivity contribution in [3.63, 3.8) is 0 Å². The van der Waals surface area contributed by atoms with Gasteiger partial charge in [0.1, 0.15) is 5.75 Å². The fourth-order valence-corrected chi connectivity index (χ4v) is 10.2. The summed E-state index contributed by atoms with van der Waals surface area (Å²) in [5.41, 5.74) is 4.69. The van der Waals surface area contributed by atoms with Crippen LogP contribution in [0.25, 0.3) is 22.2 Å². The van der Waals surface area contributed by atoms with Crippen molar-refractivity contribution in [2.24, 2.45) is 10.8 Å². The first-order valence-corrected chi connectivity index (χ1v) is 19.6. The van der Waals surface area contributed by atoms with E-state index in [-0.39, 0.29) is 22.8 Å². The summed E-state index contributed by atoms with van der Waals surface area (Å²) in [7, 11) is -2.18. The van der Waals surface area contributed by atoms with E-state index in [1.165, 1.54) is 30.7 Å². The Hall–Kier alpha value is -4.06. The molecule has 2 saturated heterocycles. The third-order valence-corrected chi connectivity index (χ3v) is 14.2. The lowest BCUT2D eigenvalue weighted by Gasteiger charge is -2.28. The lowest BCUT2D eigenvalue weighted by Crippen LogP contribution is -2.40. The number of hydrogen-bond acceptors (Lipinski definition) is 6. The Morgan fingerprint density at radius 3 is 2.36 bits per heavy atom. The summed E-state index contributed by atoms with van der Waals surface area (Å²) in [6.07, 6.45) is 6.92. The second kappa shape index (κ2) is 11.7. The number of sulfonamides is 1. The van der Waals surface area contributed by atoms with Crippen molar-refractivity contribution in [1.82, 2.24) is 19.1 Å². The molecular formula is C38H46N4O7S. The van der Waals surface area contributed by atoms with Crippen molar-refractivity contribution in [1.29, 1.82) is 0 Å². The van der Waals surface area contributed by atoms with E-state index in [0.717, 1.165) is 72.0 Å². The first-order valence-electron chi connectivity index (χ1n) is 18.0. The van der Waals surface area contributed by atoms with Gasteiger partial charge in [-0.15, -0.1) is 0 Å². The Morgan fingerprint density at radius 1 is 0.960 bits per heavy atom. The van der Waals surface area contributed by atoms with Crippen molar-refractivity contribution in [2.75, 3.05) is 33.3 Å². The maximum Gasteiger partial charge on any atom is 0.407 e. The average molecular weight is 703 g/mol. The molecule has 1 aromatic heterocycles. The van der Waals surface area contributed by atoms with Crippen molar-refractivity contribution in [2.45, 2.75) is 88.8 Å². The van der Waals surface area contributed by atoms with Gasteiger partial charge in [-0.25, -0.2) is 17.9 Å². The van der Waals surface area contributed by atoms with Gasteiger partial charge >= 0.3 is 6.09 Å². The topological polar surface area (TPSA) is 138 Å². The molecule has 2 aromatic carbocycles. The molecule has 266 valence electrons. The number of carboxylic acid groups (broad SMARTS) is 1. The third-order valence-electron chi connectivity index (χ3n) is 12.5. The Bertz CT molecular complexity index is 2030. The summed E-state index contributed by atoms with van der Waals surface area (Å²) < 4.78 is 35.6. The molecule has 0 radical (unpaired) electrons. The van der Waals surface area contributed by atoms with Gasteiger partial charge in [0.15, 0.2) is 0 Å². The number of methoxy groups -OCH3 is 1. The van der Waals surface area contributed by atoms with Crippen LogP contribution in [0, 0.1) is 10.8 Å². The average Bonchev–Trinajstić information content (AvgIpc) is 3.34. The summed E-state index contributed by atoms with van der Waals surface area (Å²) in [5, 5.41) is 9.92. The van der Waals surface area contributed by atoms with E-state index < -0.39 is 32.7 Å². The highest BCUT2D eigenvalue weighted by Gasteiger charge is 2.65. The molecule has 50 heavy (non-hydrogen) atoms. The fraction of sp³-hybridized carbons (Fsp3) is 0.553. The van der Waals surface area contributed by atoms with Gasteiger partial charge in [0.2, 0.25) is 15.9 Å². The number of benzene rings is 2. The van der Waals surface area contributed by atoms with Crippen molar-refractivity contribution < 1.29 is 32.6 Å². The zero-order chi connectivity index (χ0) is 35.2. The number of carbonyl (C=O) groups excluding carboxylic acids is 2. The van der Waals surface area contributed by atoms with Crippen LogP contribution >= 0.6 is 0 Å². The molecule has 3 atom stereocenters. The molecule has 4 heterocycles. The first kappa shape index (κ1) is 33.1. The van der Waals surface area contributed by atoms with Crippen LogP contribution in [0.5, 0.6) is 5.75 Å². The van der Waals surface area contributed by atoms with Gasteiger partial charge in [-0.2, -0.15) is 0 Å². The van der Waals surface area contributed by atoms with Crippen LogP contribution < -0.4 is 9.46 Å². The van der Waals surface area contributed by atoms with E-state index in [9.17, 15) is 27.9 Å². The maximum absolute atomic E-state index is 14.9. The van der Waals surface area contributed by atoms with Crippen LogP contribution in [0.3, 0.4) is 0 Å². The lowest BCUT2D eigenvalue weighted by atomic mass is 9.81. The summed E-state index contributed by atoms with van der Waals surface area (Å²) in [6, 6.07) is 11.7. The predicted octanol–water partition coefficient (Wildman–Crippen LogP) is 5.92. The molecule has 1 spiro atoms. The summed E-state index contributed by atoms with van der Waals surface area (Å²) in [5.74, 6) is 0.474. The number of ether oxygens (including phenoxy) is 1. The summed E-state index contributed by atoms with van der Waals surface area (Å²) in [4.78, 5) is 43.5. The smallest absolute Gasteiger partial charge is 0.407 e. The van der Waals surface area contributed by atoms with Crippen LogP contribution in [0.4, 0.5) is 4.79 Å². The van der Waals surface area contributed by atoms with Gasteiger partial charge < -0.3 is 24.2 Å². The zero-order valence-corrected chi connectivity index (χ0v) is 29.9. The maximum atomic E-state index is 14.9. The molecule has 2 N–H and O–H groups in total. The first-order chi connectivity index (χ1) is 23.9. The van der Waals surface area contributed by atoms with Gasteiger partial charge in [0.05, 0.1) is 23.5 Å². The molecule has 12 heteroatoms. The summed E-state index contributed by atoms with van der Waals surface area (Å²) >= 11 is 0. The number of aromatic nitrogens is 1. The SMILES string of the molecule is COc1ccc2c(c1)C1CC1(C(=O)N1CCC3(CCN(C(=O)O)C3)C1)Cn1c-2c(C2CCCCC2)c2ccc(C(=O)NS(=O)(=O)C(C)C)cc21. The number of amides is 3. The Kier molecular flexibility index (Phi) is 7.78. The minimum atomic E-state index is -3.84. The second-order valence-electron chi connectivity index (χ2n) is 15.7. The number of hydrogen-bond donors (Lipinski definition) is 2. The number of rotatable bonds is 6. The molecule has 3 amide bonds. The number of fused-ring (bicyclic) bond motifs is 7. The Morgan fingerprint density at radius 2 is 1.68 bits per heavy atom. The molecule has 4 fully saturated rings. The highest BCUT2D eigenvalue weighted by molar-refractivity contribution is 7.90. The van der Waals surface area contributed by atoms with E-state index >= 15 is 0 Å². The molecule has 2 aliphatic carbocycles. The van der Waals surface area contributed by atoms with Gasteiger partial charge in [0.25, 0.3) is 5.91 Å². The van der Waals surface area contributed by atoms with E-state index in [1.807, 2.05) is 23.1 Å². The van der Waals surface area contributed by atoms with Gasteiger partial charge in [-0.05, 0) is 93.3 Å². The molecule has 0 bridgehead atoms.